The summed E-state index contributed by atoms with van der Waals surface area (Å²) in [6, 6.07) is 4.43. The van der Waals surface area contributed by atoms with E-state index in [1.165, 1.54) is 11.3 Å². The number of allylic oxidation sites excluding steroid dienone is 1. The Hall–Kier alpha value is -1.94. The molecule has 0 fully saturated rings. The van der Waals surface area contributed by atoms with Gasteiger partial charge < -0.3 is 9.80 Å². The van der Waals surface area contributed by atoms with Crippen molar-refractivity contribution in [1.29, 1.82) is 0 Å². The van der Waals surface area contributed by atoms with Crippen LogP contribution in [0.2, 0.25) is 0 Å². The van der Waals surface area contributed by atoms with Gasteiger partial charge in [-0.2, -0.15) is 0 Å². The molecule has 4 nitrogen and oxygen atoms in total. The van der Waals surface area contributed by atoms with Crippen molar-refractivity contribution in [3.63, 3.8) is 0 Å². The van der Waals surface area contributed by atoms with Crippen LogP contribution in [0.4, 0.5) is 0 Å². The first-order valence-corrected chi connectivity index (χ1v) is 9.63. The summed E-state index contributed by atoms with van der Waals surface area (Å²) in [6.07, 6.45) is 8.98. The van der Waals surface area contributed by atoms with E-state index >= 15 is 0 Å². The number of fused-ring (bicyclic) bond motifs is 4. The maximum atomic E-state index is 12.8. The van der Waals surface area contributed by atoms with Crippen LogP contribution in [0.25, 0.3) is 6.08 Å². The number of hydrogen-bond donors (Lipinski definition) is 0. The third-order valence-electron chi connectivity index (χ3n) is 6.00. The maximum absolute atomic E-state index is 12.8. The van der Waals surface area contributed by atoms with Gasteiger partial charge in [0.05, 0.1) is 11.7 Å². The Morgan fingerprint density at radius 2 is 2.12 bits per heavy atom. The molecule has 2 aliphatic carbocycles. The lowest BCUT2D eigenvalue weighted by molar-refractivity contribution is -0.116. The summed E-state index contributed by atoms with van der Waals surface area (Å²) in [5.41, 5.74) is 4.64. The maximum Gasteiger partial charge on any atom is 0.161 e. The highest BCUT2D eigenvalue weighted by Gasteiger charge is 2.45. The second-order valence-corrected chi connectivity index (χ2v) is 7.16. The van der Waals surface area contributed by atoms with Crippen molar-refractivity contribution in [3.05, 3.63) is 46.9 Å². The second kappa shape index (κ2) is 6.75. The Morgan fingerprint density at radius 3 is 2.92 bits per heavy atom. The lowest BCUT2D eigenvalue weighted by Crippen LogP contribution is -2.39. The first-order valence-electron chi connectivity index (χ1n) is 9.63. The average Bonchev–Trinajstić information content (AvgIpc) is 2.98. The van der Waals surface area contributed by atoms with Crippen molar-refractivity contribution in [3.8, 4) is 0 Å². The van der Waals surface area contributed by atoms with Crippen LogP contribution in [0, 0.1) is 0 Å². The summed E-state index contributed by atoms with van der Waals surface area (Å²) in [4.78, 5) is 22.3. The molecule has 0 saturated heterocycles. The molecule has 0 saturated carbocycles. The van der Waals surface area contributed by atoms with Gasteiger partial charge in [0.15, 0.2) is 5.78 Å². The van der Waals surface area contributed by atoms with Crippen LogP contribution >= 0.6 is 0 Å². The van der Waals surface area contributed by atoms with E-state index in [0.717, 1.165) is 50.3 Å². The number of pyridine rings is 1. The summed E-state index contributed by atoms with van der Waals surface area (Å²) < 4.78 is 0. The lowest BCUT2D eigenvalue weighted by Gasteiger charge is -2.34. The molecule has 0 unspecified atom stereocenters. The van der Waals surface area contributed by atoms with Crippen LogP contribution in [-0.2, 0) is 4.79 Å². The van der Waals surface area contributed by atoms with Crippen LogP contribution < -0.4 is 0 Å². The fourth-order valence-corrected chi connectivity index (χ4v) is 4.68. The molecular weight excluding hydrogens is 310 g/mol. The molecule has 3 aliphatic rings. The van der Waals surface area contributed by atoms with Gasteiger partial charge in [-0.25, -0.2) is 0 Å². The third-order valence-corrected chi connectivity index (χ3v) is 6.00. The van der Waals surface area contributed by atoms with Crippen molar-refractivity contribution in [2.45, 2.75) is 45.1 Å². The lowest BCUT2D eigenvalue weighted by atomic mass is 9.79. The molecule has 2 heterocycles. The van der Waals surface area contributed by atoms with E-state index in [4.69, 9.17) is 0 Å². The Labute approximate surface area is 150 Å². The van der Waals surface area contributed by atoms with Crippen LogP contribution in [-0.4, -0.2) is 52.8 Å². The van der Waals surface area contributed by atoms with E-state index in [9.17, 15) is 4.79 Å². The number of carbonyl (C=O) groups excluding carboxylic acids is 1. The molecule has 0 N–H and O–H groups in total. The topological polar surface area (TPSA) is 36.4 Å². The molecule has 1 aromatic rings. The summed E-state index contributed by atoms with van der Waals surface area (Å²) in [5.74, 6) is 0.528. The zero-order chi connectivity index (χ0) is 17.4. The summed E-state index contributed by atoms with van der Waals surface area (Å²) >= 11 is 0. The van der Waals surface area contributed by atoms with Gasteiger partial charge in [-0.1, -0.05) is 26.0 Å². The van der Waals surface area contributed by atoms with E-state index in [-0.39, 0.29) is 12.0 Å². The fraction of sp³-hybridized carbons (Fsp3) is 0.524. The normalized spacial score (nSPS) is 24.6. The molecule has 0 aromatic carbocycles. The van der Waals surface area contributed by atoms with Gasteiger partial charge in [0, 0.05) is 42.9 Å². The second-order valence-electron chi connectivity index (χ2n) is 7.16. The number of likely N-dealkylation sites (N-methyl/N-ethyl adjacent to an activating group) is 1. The van der Waals surface area contributed by atoms with E-state index in [1.54, 1.807) is 0 Å². The quantitative estimate of drug-likeness (QED) is 0.826. The number of rotatable bonds is 5. The minimum atomic E-state index is 0.174. The van der Waals surface area contributed by atoms with Crippen LogP contribution in [0.1, 0.15) is 50.3 Å². The van der Waals surface area contributed by atoms with E-state index in [1.807, 2.05) is 12.3 Å². The Balaban J connectivity index is 1.71. The van der Waals surface area contributed by atoms with E-state index in [0.29, 0.717) is 12.2 Å². The van der Waals surface area contributed by atoms with Gasteiger partial charge in [-0.15, -0.1) is 0 Å². The van der Waals surface area contributed by atoms with Crippen molar-refractivity contribution < 1.29 is 4.79 Å². The van der Waals surface area contributed by atoms with Gasteiger partial charge in [-0.3, -0.25) is 9.78 Å². The zero-order valence-electron chi connectivity index (χ0n) is 15.2. The Bertz CT molecular complexity index is 732. The highest BCUT2D eigenvalue weighted by molar-refractivity contribution is 5.99. The predicted molar refractivity (Wildman–Crippen MR) is 100 cm³/mol. The van der Waals surface area contributed by atoms with Gasteiger partial charge in [-0.05, 0) is 43.6 Å². The number of Topliss-reactive ketones (excluding diaryl/α,β-unsaturated/α-hetero) is 1. The number of aromatic nitrogens is 1. The minimum absolute atomic E-state index is 0.174. The van der Waals surface area contributed by atoms with Crippen LogP contribution in [0.5, 0.6) is 0 Å². The molecule has 0 radical (unpaired) electrons. The van der Waals surface area contributed by atoms with Crippen LogP contribution in [0.3, 0.4) is 0 Å². The smallest absolute Gasteiger partial charge is 0.161 e. The molecule has 132 valence electrons. The highest BCUT2D eigenvalue weighted by atomic mass is 16.1. The monoisotopic (exact) mass is 337 g/mol. The van der Waals surface area contributed by atoms with Gasteiger partial charge in [0.1, 0.15) is 0 Å². The molecule has 4 heteroatoms. The van der Waals surface area contributed by atoms with E-state index < -0.39 is 0 Å². The van der Waals surface area contributed by atoms with Crippen molar-refractivity contribution >= 4 is 11.9 Å². The van der Waals surface area contributed by atoms with Crippen molar-refractivity contribution in [2.24, 2.45) is 0 Å². The molecule has 1 aromatic heterocycles. The summed E-state index contributed by atoms with van der Waals surface area (Å²) in [5, 5.41) is 0. The highest BCUT2D eigenvalue weighted by Crippen LogP contribution is 2.48. The standard InChI is InChI=1S/C21H27N3O/c1-3-23(4-2)13-14-24-17-8-5-9-19(25)21(17)20-15-7-6-12-22-16(15)10-11-18(20)24/h6-7,10-12,18,20H,3-5,8-9,13-14H2,1-2H3/t18-,20-/m1/s1. The Kier molecular flexibility index (Phi) is 4.46. The third kappa shape index (κ3) is 2.73. The molecule has 25 heavy (non-hydrogen) atoms. The SMILES string of the molecule is CCN(CC)CCN1C2=C(C(=O)CCC2)[C@@H]2c3cccnc3C=C[C@H]21. The summed E-state index contributed by atoms with van der Waals surface area (Å²) in [7, 11) is 0. The number of hydrogen-bond acceptors (Lipinski definition) is 4. The molecular formula is C21H27N3O. The van der Waals surface area contributed by atoms with E-state index in [2.05, 4.69) is 46.8 Å². The predicted octanol–water partition coefficient (Wildman–Crippen LogP) is 3.23. The first kappa shape index (κ1) is 16.5. The molecule has 0 spiro atoms. The summed E-state index contributed by atoms with van der Waals surface area (Å²) in [6.45, 7) is 8.63. The zero-order valence-corrected chi connectivity index (χ0v) is 15.2. The molecule has 1 aliphatic heterocycles. The molecule has 0 amide bonds. The van der Waals surface area contributed by atoms with Crippen LogP contribution in [0.15, 0.2) is 35.7 Å². The van der Waals surface area contributed by atoms with Gasteiger partial charge >= 0.3 is 0 Å². The molecule has 4 rings (SSSR count). The largest absolute Gasteiger partial charge is 0.366 e. The van der Waals surface area contributed by atoms with Crippen molar-refractivity contribution in [1.82, 2.24) is 14.8 Å². The average molecular weight is 337 g/mol. The minimum Gasteiger partial charge on any atom is -0.366 e. The molecule has 2 atom stereocenters. The number of carbonyl (C=O) groups is 1. The fourth-order valence-electron chi connectivity index (χ4n) is 4.68. The number of nitrogens with zero attached hydrogens (tertiary/aromatic N) is 3. The molecule has 0 bridgehead atoms. The Morgan fingerprint density at radius 1 is 1.28 bits per heavy atom. The first-order chi connectivity index (χ1) is 12.2. The van der Waals surface area contributed by atoms with Crippen molar-refractivity contribution in [2.75, 3.05) is 26.2 Å². The number of ketones is 1. The van der Waals surface area contributed by atoms with Gasteiger partial charge in [0.2, 0.25) is 0 Å². The van der Waals surface area contributed by atoms with Gasteiger partial charge in [0.25, 0.3) is 0 Å².